The molecule has 1 unspecified atom stereocenters. The van der Waals surface area contributed by atoms with Gasteiger partial charge in [0, 0.05) is 39.6 Å². The van der Waals surface area contributed by atoms with Crippen molar-refractivity contribution in [3.05, 3.63) is 50.4 Å². The van der Waals surface area contributed by atoms with Crippen LogP contribution in [0.5, 0.6) is 0 Å². The van der Waals surface area contributed by atoms with Gasteiger partial charge in [-0.3, -0.25) is 4.98 Å². The smallest absolute Gasteiger partial charge is 0.0359 e. The van der Waals surface area contributed by atoms with Gasteiger partial charge < -0.3 is 5.73 Å². The molecule has 0 saturated heterocycles. The van der Waals surface area contributed by atoms with E-state index in [4.69, 9.17) is 5.73 Å². The maximum absolute atomic E-state index is 6.16. The lowest BCUT2D eigenvalue weighted by atomic mass is 10.0. The van der Waals surface area contributed by atoms with Gasteiger partial charge in [-0.25, -0.2) is 0 Å². The Morgan fingerprint density at radius 1 is 1.44 bits per heavy atom. The molecule has 0 aliphatic rings. The Morgan fingerprint density at radius 3 is 2.88 bits per heavy atom. The summed E-state index contributed by atoms with van der Waals surface area (Å²) in [6, 6.07) is 4.24. The van der Waals surface area contributed by atoms with E-state index >= 15 is 0 Å². The van der Waals surface area contributed by atoms with Crippen LogP contribution >= 0.6 is 27.3 Å². The number of aromatic nitrogens is 1. The van der Waals surface area contributed by atoms with Crippen LogP contribution in [0, 0.1) is 6.92 Å². The Morgan fingerprint density at radius 2 is 2.25 bits per heavy atom. The van der Waals surface area contributed by atoms with Gasteiger partial charge in [-0.15, -0.1) is 11.3 Å². The van der Waals surface area contributed by atoms with E-state index in [2.05, 4.69) is 38.4 Å². The largest absolute Gasteiger partial charge is 0.324 e. The second-order valence-corrected chi connectivity index (χ2v) is 5.75. The average Bonchev–Trinajstić information content (AvgIpc) is 2.64. The first-order chi connectivity index (χ1) is 7.65. The highest BCUT2D eigenvalue weighted by Crippen LogP contribution is 2.24. The quantitative estimate of drug-likeness (QED) is 0.942. The Balaban J connectivity index is 2.11. The summed E-state index contributed by atoms with van der Waals surface area (Å²) in [7, 11) is 0. The third-order valence-corrected chi connectivity index (χ3v) is 4.09. The molecule has 2 aromatic heterocycles. The zero-order valence-corrected chi connectivity index (χ0v) is 11.4. The van der Waals surface area contributed by atoms with Gasteiger partial charge in [0.1, 0.15) is 0 Å². The predicted molar refractivity (Wildman–Crippen MR) is 71.6 cm³/mol. The van der Waals surface area contributed by atoms with Gasteiger partial charge in [-0.2, -0.15) is 0 Å². The Labute approximate surface area is 108 Å². The standard InChI is InChI=1S/C12H13BrN2S/c1-8-2-9(6-15-5-8)12(14)4-11-3-10(13)7-16-11/h2-3,5-7,12H,4,14H2,1H3. The summed E-state index contributed by atoms with van der Waals surface area (Å²) in [4.78, 5) is 5.46. The van der Waals surface area contributed by atoms with Gasteiger partial charge in [-0.1, -0.05) is 6.07 Å². The van der Waals surface area contributed by atoms with E-state index in [1.54, 1.807) is 11.3 Å². The third kappa shape index (κ3) is 2.90. The molecule has 4 heteroatoms. The molecular weight excluding hydrogens is 284 g/mol. The number of pyridine rings is 1. The molecule has 2 heterocycles. The molecule has 0 aliphatic heterocycles. The summed E-state index contributed by atoms with van der Waals surface area (Å²) >= 11 is 5.18. The molecule has 2 N–H and O–H groups in total. The maximum Gasteiger partial charge on any atom is 0.0359 e. The lowest BCUT2D eigenvalue weighted by Crippen LogP contribution is -2.13. The minimum atomic E-state index is 0.0259. The zero-order valence-electron chi connectivity index (χ0n) is 8.98. The molecule has 0 aromatic carbocycles. The van der Waals surface area contributed by atoms with Crippen molar-refractivity contribution in [1.82, 2.24) is 4.98 Å². The number of halogens is 1. The summed E-state index contributed by atoms with van der Waals surface area (Å²) in [5, 5.41) is 2.08. The first-order valence-electron chi connectivity index (χ1n) is 5.05. The molecule has 0 bridgehead atoms. The lowest BCUT2D eigenvalue weighted by molar-refractivity contribution is 0.725. The highest BCUT2D eigenvalue weighted by atomic mass is 79.9. The number of nitrogens with zero attached hydrogens (tertiary/aromatic N) is 1. The Kier molecular flexibility index (Phi) is 3.74. The average molecular weight is 297 g/mol. The van der Waals surface area contributed by atoms with Gasteiger partial charge in [0.25, 0.3) is 0 Å². The first-order valence-corrected chi connectivity index (χ1v) is 6.72. The molecule has 84 valence electrons. The van der Waals surface area contributed by atoms with Crippen molar-refractivity contribution in [2.75, 3.05) is 0 Å². The van der Waals surface area contributed by atoms with E-state index in [0.717, 1.165) is 22.0 Å². The van der Waals surface area contributed by atoms with Crippen LogP contribution in [0.3, 0.4) is 0 Å². The fourth-order valence-electron chi connectivity index (χ4n) is 1.58. The molecule has 0 radical (unpaired) electrons. The summed E-state index contributed by atoms with van der Waals surface area (Å²) in [6.45, 7) is 2.03. The molecule has 0 aliphatic carbocycles. The summed E-state index contributed by atoms with van der Waals surface area (Å²) in [5.41, 5.74) is 8.41. The molecule has 16 heavy (non-hydrogen) atoms. The van der Waals surface area contributed by atoms with E-state index < -0.39 is 0 Å². The number of thiophene rings is 1. The topological polar surface area (TPSA) is 38.9 Å². The number of hydrogen-bond acceptors (Lipinski definition) is 3. The van der Waals surface area contributed by atoms with Crippen LogP contribution in [0.4, 0.5) is 0 Å². The zero-order chi connectivity index (χ0) is 11.5. The van der Waals surface area contributed by atoms with Crippen LogP contribution in [0.2, 0.25) is 0 Å². The van der Waals surface area contributed by atoms with E-state index in [1.165, 1.54) is 4.88 Å². The number of hydrogen-bond donors (Lipinski definition) is 1. The SMILES string of the molecule is Cc1cncc(C(N)Cc2cc(Br)cs2)c1. The lowest BCUT2D eigenvalue weighted by Gasteiger charge is -2.10. The second-order valence-electron chi connectivity index (χ2n) is 3.84. The molecule has 0 saturated carbocycles. The molecule has 1 atom stereocenters. The molecule has 0 spiro atoms. The molecule has 2 nitrogen and oxygen atoms in total. The fourth-order valence-corrected chi connectivity index (χ4v) is 3.09. The van der Waals surface area contributed by atoms with Crippen molar-refractivity contribution < 1.29 is 0 Å². The fraction of sp³-hybridized carbons (Fsp3) is 0.250. The predicted octanol–water partition coefficient (Wildman–Crippen LogP) is 3.46. The van der Waals surface area contributed by atoms with Crippen LogP contribution in [0.25, 0.3) is 0 Å². The minimum Gasteiger partial charge on any atom is -0.324 e. The van der Waals surface area contributed by atoms with Gasteiger partial charge in [0.2, 0.25) is 0 Å². The van der Waals surface area contributed by atoms with Crippen molar-refractivity contribution in [2.45, 2.75) is 19.4 Å². The highest BCUT2D eigenvalue weighted by molar-refractivity contribution is 9.10. The van der Waals surface area contributed by atoms with E-state index in [1.807, 2.05) is 19.3 Å². The number of rotatable bonds is 3. The molecule has 0 fully saturated rings. The van der Waals surface area contributed by atoms with Crippen LogP contribution in [0.1, 0.15) is 22.0 Å². The van der Waals surface area contributed by atoms with Crippen molar-refractivity contribution in [2.24, 2.45) is 5.73 Å². The normalized spacial score (nSPS) is 12.7. The second kappa shape index (κ2) is 5.08. The third-order valence-electron chi connectivity index (χ3n) is 2.37. The maximum atomic E-state index is 6.16. The van der Waals surface area contributed by atoms with E-state index in [0.29, 0.717) is 0 Å². The summed E-state index contributed by atoms with van der Waals surface area (Å²) in [5.74, 6) is 0. The van der Waals surface area contributed by atoms with Crippen molar-refractivity contribution in [1.29, 1.82) is 0 Å². The van der Waals surface area contributed by atoms with E-state index in [9.17, 15) is 0 Å². The van der Waals surface area contributed by atoms with Crippen molar-refractivity contribution in [3.8, 4) is 0 Å². The van der Waals surface area contributed by atoms with Crippen LogP contribution in [-0.2, 0) is 6.42 Å². The van der Waals surface area contributed by atoms with Gasteiger partial charge in [-0.05, 0) is 40.0 Å². The first kappa shape index (κ1) is 11.8. The molecule has 0 amide bonds. The van der Waals surface area contributed by atoms with Crippen molar-refractivity contribution in [3.63, 3.8) is 0 Å². The van der Waals surface area contributed by atoms with Crippen LogP contribution in [-0.4, -0.2) is 4.98 Å². The molecule has 2 rings (SSSR count). The van der Waals surface area contributed by atoms with Crippen LogP contribution in [0.15, 0.2) is 34.4 Å². The number of aryl methyl sites for hydroxylation is 1. The molecule has 2 aromatic rings. The van der Waals surface area contributed by atoms with Crippen LogP contribution < -0.4 is 5.73 Å². The van der Waals surface area contributed by atoms with Gasteiger partial charge in [0.05, 0.1) is 0 Å². The monoisotopic (exact) mass is 296 g/mol. The van der Waals surface area contributed by atoms with Gasteiger partial charge >= 0.3 is 0 Å². The Bertz CT molecular complexity index is 481. The summed E-state index contributed by atoms with van der Waals surface area (Å²) in [6.07, 6.45) is 4.56. The van der Waals surface area contributed by atoms with E-state index in [-0.39, 0.29) is 6.04 Å². The molecular formula is C12H13BrN2S. The summed E-state index contributed by atoms with van der Waals surface area (Å²) < 4.78 is 1.13. The van der Waals surface area contributed by atoms with Gasteiger partial charge in [0.15, 0.2) is 0 Å². The Hall–Kier alpha value is -0.710. The highest BCUT2D eigenvalue weighted by Gasteiger charge is 2.09. The number of nitrogens with two attached hydrogens (primary N) is 1. The van der Waals surface area contributed by atoms with Crippen molar-refractivity contribution >= 4 is 27.3 Å². The minimum absolute atomic E-state index is 0.0259.